The second kappa shape index (κ2) is 41.6. The number of nitrogens with zero attached hydrogens (tertiary/aromatic N) is 9. The Hall–Kier alpha value is -8.54. The zero-order valence-corrected chi connectivity index (χ0v) is 86.6. The molecule has 6 amide bonds. The summed E-state index contributed by atoms with van der Waals surface area (Å²) >= 11 is 0. The second-order valence-electron chi connectivity index (χ2n) is 44.7. The molecule has 19 rings (SSSR count). The fraction of sp³-hybridized carbons (Fsp3) is 0.683. The molecule has 30 nitrogen and oxygen atoms in total. The van der Waals surface area contributed by atoms with Crippen molar-refractivity contribution in [2.75, 3.05) is 41.0 Å². The van der Waals surface area contributed by atoms with Crippen molar-refractivity contribution >= 4 is 88.0 Å². The maximum atomic E-state index is 14.2. The van der Waals surface area contributed by atoms with E-state index in [4.69, 9.17) is 72.5 Å². The van der Waals surface area contributed by atoms with E-state index < -0.39 is 94.7 Å². The van der Waals surface area contributed by atoms with Gasteiger partial charge in [-0.3, -0.25) is 14.4 Å². The molecule has 3 aromatic heterocycles. The van der Waals surface area contributed by atoms with Crippen molar-refractivity contribution in [3.63, 3.8) is 0 Å². The summed E-state index contributed by atoms with van der Waals surface area (Å²) in [5.41, 5.74) is 4.12. The summed E-state index contributed by atoms with van der Waals surface area (Å²) in [6.07, 6.45) is 28.8. The van der Waals surface area contributed by atoms with E-state index in [0.29, 0.717) is 75.1 Å². The Morgan fingerprint density at radius 1 is 0.372 bits per heavy atom. The summed E-state index contributed by atoms with van der Waals surface area (Å²) in [6, 6.07) is 11.8. The standard InChI is InChI=1S/C35H45N4O6.C35H47N4O6.C34H45N4O6.3V/c1-19-26(18-40)39-17-28(19)44-31-29(36-24-10-9-21(43-5)16-25(24)37-31)35(12-13-35)11-7-6-8-22-23-14-20(23)15-27(22)45-33(42)38-30(32(39)41)34(2,3)4;1-21-26(20-40)39-19-27(21)44-30-28(36-24-13-12-23(43-6)18-25(24)37-30)35(16-17-35)15-8-7-10-22-11-9-14-34(22,5)45-32(42)38-29(31(39)41)33(2,3)4;1-20-25(19-39)38-18-27(20)43-30-28(35-23-13-12-22(42-5)17-24(23)36-30)34(15-16-34)14-7-6-9-21-10-8-11-26(21)44-32(41)37-29(31(38)40)33(2,3)4;;;/h9-10,16,19-20,22-23,26-28,30H,6-8,11-15,17H2,1-5H3,(H,38,42);12-13,18,21-22,26-27,29H,7-11,14-17,19H2,1-6H3,(H,38,42);12-13,17,20-21,25-27,29H,6-11,14-16,18H2,1-5H3,(H,37,41);;;/q3*-1;;;/t19-,20?,22+,23?,26+,27+,28-,30+;21-,22+,26+,27-,29+,34+;20-,21+,25+,26+,27-,29+;;;/m000.../s1. The van der Waals surface area contributed by atoms with E-state index in [1.54, 1.807) is 21.3 Å². The van der Waals surface area contributed by atoms with Gasteiger partial charge < -0.3 is 87.7 Å². The molecule has 10 fully saturated rings. The fourth-order valence-corrected chi connectivity index (χ4v) is 23.5. The van der Waals surface area contributed by atoms with Gasteiger partial charge in [0, 0.05) is 90.1 Å². The molecule has 2 unspecified atom stereocenters. The van der Waals surface area contributed by atoms with Crippen LogP contribution in [0.15, 0.2) is 54.6 Å². The van der Waals surface area contributed by atoms with Gasteiger partial charge in [0.15, 0.2) is 0 Å². The molecule has 3 N–H and O–H groups in total. The van der Waals surface area contributed by atoms with E-state index in [1.807, 2.05) is 145 Å². The van der Waals surface area contributed by atoms with Crippen LogP contribution in [0.4, 0.5) is 14.4 Å². The van der Waals surface area contributed by atoms with Crippen LogP contribution in [0.5, 0.6) is 34.9 Å². The van der Waals surface area contributed by atoms with Crippen molar-refractivity contribution in [1.82, 2.24) is 60.6 Å². The van der Waals surface area contributed by atoms with E-state index in [9.17, 15) is 43.2 Å². The predicted octanol–water partition coefficient (Wildman–Crippen LogP) is 16.0. The Labute approximate surface area is 840 Å². The van der Waals surface area contributed by atoms with Gasteiger partial charge in [0.05, 0.1) is 74.1 Å². The van der Waals surface area contributed by atoms with E-state index >= 15 is 0 Å². The van der Waals surface area contributed by atoms with Crippen molar-refractivity contribution in [3.05, 3.63) is 71.7 Å². The average Bonchev–Trinajstić information content (AvgIpc) is 1.60. The van der Waals surface area contributed by atoms with E-state index in [1.165, 1.54) is 21.1 Å². The molecule has 20 atom stereocenters. The maximum absolute atomic E-state index is 14.2. The number of aromatic nitrogens is 6. The quantitative estimate of drug-likeness (QED) is 0.103. The number of hydrogen-bond donors (Lipinski definition) is 3. The van der Waals surface area contributed by atoms with Crippen LogP contribution in [0.2, 0.25) is 0 Å². The summed E-state index contributed by atoms with van der Waals surface area (Å²) in [7, 11) is 4.86. The van der Waals surface area contributed by atoms with E-state index in [0.717, 1.165) is 194 Å². The monoisotopic (exact) mass is 1990 g/mol. The molecule has 6 aliphatic heterocycles. The minimum absolute atomic E-state index is 0. The normalized spacial score (nSPS) is 31.7. The van der Waals surface area contributed by atoms with Crippen LogP contribution in [-0.4, -0.2) is 213 Å². The Morgan fingerprint density at radius 3 is 1.09 bits per heavy atom. The Bertz CT molecular complexity index is 5330. The topological polar surface area (TPSA) is 360 Å². The largest absolute Gasteiger partial charge is 0.540 e. The number of nitrogens with one attached hydrogen (secondary N) is 3. The molecular formula is C104H137N12O18V3-3. The Morgan fingerprint density at radius 2 is 0.723 bits per heavy atom. The molecule has 7 aliphatic carbocycles. The first-order valence-corrected chi connectivity index (χ1v) is 49.5. The number of alkyl carbamates (subject to hydrolysis) is 3. The molecule has 9 heterocycles. The van der Waals surface area contributed by atoms with Gasteiger partial charge in [0.1, 0.15) is 88.6 Å². The molecule has 6 bridgehead atoms. The van der Waals surface area contributed by atoms with Gasteiger partial charge in [0.25, 0.3) is 0 Å². The zero-order chi connectivity index (χ0) is 95.0. The maximum Gasteiger partial charge on any atom is 0.408 e. The van der Waals surface area contributed by atoms with Gasteiger partial charge in [-0.15, -0.1) is 0 Å². The third-order valence-corrected chi connectivity index (χ3v) is 32.5. The number of methoxy groups -OCH3 is 3. The molecule has 3 radical (unpaired) electrons. The molecule has 739 valence electrons. The number of fused-ring (bicyclic) bond motifs is 20. The number of rotatable bonds is 6. The van der Waals surface area contributed by atoms with Crippen molar-refractivity contribution in [2.24, 2.45) is 63.6 Å². The molecule has 33 heteroatoms. The van der Waals surface area contributed by atoms with Gasteiger partial charge in [-0.2, -0.15) is 0 Å². The molecular weight excluding hydrogens is 1860 g/mol. The van der Waals surface area contributed by atoms with E-state index in [2.05, 4.69) is 34.8 Å². The van der Waals surface area contributed by atoms with Crippen molar-refractivity contribution < 1.29 is 141 Å². The zero-order valence-electron chi connectivity index (χ0n) is 82.4. The summed E-state index contributed by atoms with van der Waals surface area (Å²) in [6.45, 7) is 25.3. The summed E-state index contributed by atoms with van der Waals surface area (Å²) < 4.78 is 54.6. The third kappa shape index (κ3) is 21.8. The Balaban J connectivity index is 0.000000162. The first-order chi connectivity index (χ1) is 63.9. The van der Waals surface area contributed by atoms with Crippen LogP contribution in [0.25, 0.3) is 33.1 Å². The number of carbonyl (C=O) groups excluding carboxylic acids is 9. The summed E-state index contributed by atoms with van der Waals surface area (Å²) in [4.78, 5) is 154. The molecule has 3 spiro atoms. The molecule has 13 aliphatic rings. The molecule has 3 aromatic carbocycles. The van der Waals surface area contributed by atoms with Crippen molar-refractivity contribution in [3.8, 4) is 34.9 Å². The minimum atomic E-state index is -0.910. The SMILES string of the molecule is COc1ccc2nc3c(nc2c1)O[C@H]1CN(C(=O)[C@H](C(C)(C)C)NC(=O)O[C@@H]2CC4CC4[C@H]2CCCCC32CC2)[C@H]([C-]=O)[C@@H]1C.COc1ccc2nc3c(nc2c1)O[C@H]1CN(C(=O)[C@H](C(C)(C)C)NC(=O)O[C@@H]2CCC[C@H]2CCCCC32CC2)[C@H]([C-]=O)[C@@H]1C.COc1ccc2nc3c(nc2c1)O[C@H]1CN(C(=O)[C@H](C(C)(C)C)NC(=O)O[C@]2(C)CCC[C@H]2CCCCC32CC2)[C@H]([C-]=O)[C@@H]1C.[V].[V].[V]. The third-order valence-electron chi connectivity index (χ3n) is 32.5. The van der Waals surface area contributed by atoms with Gasteiger partial charge in [-0.05, 0) is 235 Å². The van der Waals surface area contributed by atoms with Gasteiger partial charge in [-0.25, -0.2) is 63.1 Å². The molecule has 6 aromatic rings. The number of ether oxygens (including phenoxy) is 9. The molecule has 137 heavy (non-hydrogen) atoms. The minimum Gasteiger partial charge on any atom is -0.540 e. The first-order valence-electron chi connectivity index (χ1n) is 49.5. The van der Waals surface area contributed by atoms with E-state index in [-0.39, 0.29) is 145 Å². The first kappa shape index (κ1) is 104. The average molecular weight is 2000 g/mol. The number of amides is 6. The van der Waals surface area contributed by atoms with Crippen molar-refractivity contribution in [2.45, 2.75) is 346 Å². The van der Waals surface area contributed by atoms with Gasteiger partial charge in [-0.1, -0.05) is 140 Å². The van der Waals surface area contributed by atoms with Crippen LogP contribution in [0.1, 0.15) is 274 Å². The smallest absolute Gasteiger partial charge is 0.408 e. The van der Waals surface area contributed by atoms with Crippen LogP contribution < -0.4 is 44.4 Å². The van der Waals surface area contributed by atoms with Crippen LogP contribution in [-0.2, 0) is 115 Å². The number of benzene rings is 3. The summed E-state index contributed by atoms with van der Waals surface area (Å²) in [5, 5.41) is 8.68. The van der Waals surface area contributed by atoms with Gasteiger partial charge >= 0.3 is 18.3 Å². The van der Waals surface area contributed by atoms with Crippen LogP contribution in [0.3, 0.4) is 0 Å². The molecule has 3 saturated heterocycles. The predicted molar refractivity (Wildman–Crippen MR) is 500 cm³/mol. The van der Waals surface area contributed by atoms with Crippen molar-refractivity contribution in [1.29, 1.82) is 0 Å². The molecule has 7 saturated carbocycles. The summed E-state index contributed by atoms with van der Waals surface area (Å²) in [5.74, 6) is 3.50. The van der Waals surface area contributed by atoms with Crippen LogP contribution >= 0.6 is 0 Å². The fourth-order valence-electron chi connectivity index (χ4n) is 23.5. The van der Waals surface area contributed by atoms with Crippen LogP contribution in [0, 0.1) is 63.6 Å². The Kier molecular flexibility index (Phi) is 31.6. The number of hydrogen-bond acceptors (Lipinski definition) is 24. The number of carbonyl (C=O) groups is 6. The van der Waals surface area contributed by atoms with Gasteiger partial charge in [0.2, 0.25) is 35.4 Å². The second-order valence-corrected chi connectivity index (χ2v) is 44.7.